The molecule has 0 saturated heterocycles. The Hall–Kier alpha value is -3.34. The minimum Gasteiger partial charge on any atom is -0.497 e. The number of unbranched alkanes of at least 4 members (excludes halogenated alkanes) is 1. The zero-order chi connectivity index (χ0) is 30.9. The van der Waals surface area contributed by atoms with Crippen LogP contribution in [0.4, 0.5) is 10.1 Å². The number of hydrogen-bond acceptors (Lipinski definition) is 5. The molecule has 0 unspecified atom stereocenters. The second-order valence-corrected chi connectivity index (χ2v) is 12.1. The normalized spacial score (nSPS) is 12.0. The van der Waals surface area contributed by atoms with Crippen LogP contribution in [0.2, 0.25) is 10.0 Å². The topological polar surface area (TPSA) is 96.0 Å². The standard InChI is InChI=1S/C30H34Cl2FN3O5S/c1-4-6-18-34-30(38)28(5-2)35(19-25-26(31)8-7-9-27(25)32)29(37)20-36(22-12-10-21(33)11-13-22)42(39,40)24-16-14-23(41-3)15-17-24/h7-17,28H,4-6,18-20H2,1-3H3,(H,34,38)/t28-/m0/s1. The molecule has 0 aliphatic heterocycles. The third-order valence-corrected chi connectivity index (χ3v) is 9.14. The summed E-state index contributed by atoms with van der Waals surface area (Å²) in [5, 5.41) is 3.45. The van der Waals surface area contributed by atoms with Crippen LogP contribution in [0.25, 0.3) is 0 Å². The summed E-state index contributed by atoms with van der Waals surface area (Å²) >= 11 is 12.9. The third kappa shape index (κ3) is 8.14. The molecule has 8 nitrogen and oxygen atoms in total. The predicted octanol–water partition coefficient (Wildman–Crippen LogP) is 6.06. The molecule has 3 aromatic carbocycles. The van der Waals surface area contributed by atoms with Crippen molar-refractivity contribution in [2.45, 2.75) is 50.6 Å². The Balaban J connectivity index is 2.07. The Bertz CT molecular complexity index is 1450. The molecule has 0 saturated carbocycles. The molecule has 0 heterocycles. The average Bonchev–Trinajstić information content (AvgIpc) is 2.97. The van der Waals surface area contributed by atoms with E-state index in [0.29, 0.717) is 27.9 Å². The first-order valence-electron chi connectivity index (χ1n) is 13.5. The van der Waals surface area contributed by atoms with Crippen LogP contribution < -0.4 is 14.4 Å². The van der Waals surface area contributed by atoms with Crippen LogP contribution in [0.3, 0.4) is 0 Å². The molecule has 42 heavy (non-hydrogen) atoms. The lowest BCUT2D eigenvalue weighted by atomic mass is 10.1. The van der Waals surface area contributed by atoms with Crippen molar-refractivity contribution in [3.63, 3.8) is 0 Å². The van der Waals surface area contributed by atoms with Crippen LogP contribution in [-0.4, -0.2) is 51.4 Å². The minimum atomic E-state index is -4.32. The molecular formula is C30H34Cl2FN3O5S. The smallest absolute Gasteiger partial charge is 0.264 e. The predicted molar refractivity (Wildman–Crippen MR) is 163 cm³/mol. The first kappa shape index (κ1) is 33.2. The molecule has 0 aliphatic carbocycles. The molecule has 1 N–H and O–H groups in total. The van der Waals surface area contributed by atoms with Crippen molar-refractivity contribution in [2.24, 2.45) is 0 Å². The molecule has 1 atom stereocenters. The van der Waals surface area contributed by atoms with Crippen LogP contribution in [0.15, 0.2) is 71.6 Å². The molecule has 2 amide bonds. The van der Waals surface area contributed by atoms with Gasteiger partial charge in [0.25, 0.3) is 10.0 Å². The summed E-state index contributed by atoms with van der Waals surface area (Å²) in [6, 6.07) is 14.4. The fraction of sp³-hybridized carbons (Fsp3) is 0.333. The zero-order valence-electron chi connectivity index (χ0n) is 23.6. The Morgan fingerprint density at radius 1 is 0.976 bits per heavy atom. The summed E-state index contributed by atoms with van der Waals surface area (Å²) in [6.45, 7) is 3.35. The van der Waals surface area contributed by atoms with E-state index in [2.05, 4.69) is 5.32 Å². The Morgan fingerprint density at radius 2 is 1.60 bits per heavy atom. The Kier molecular flexibility index (Phi) is 12.0. The second kappa shape index (κ2) is 15.2. The highest BCUT2D eigenvalue weighted by atomic mass is 35.5. The lowest BCUT2D eigenvalue weighted by Crippen LogP contribution is -2.52. The lowest BCUT2D eigenvalue weighted by Gasteiger charge is -2.33. The number of ether oxygens (including phenoxy) is 1. The van der Waals surface area contributed by atoms with E-state index >= 15 is 0 Å². The quantitative estimate of drug-likeness (QED) is 0.217. The fourth-order valence-electron chi connectivity index (χ4n) is 4.29. The number of nitrogens with one attached hydrogen (secondary N) is 1. The van der Waals surface area contributed by atoms with E-state index < -0.39 is 34.3 Å². The molecule has 0 aromatic heterocycles. The SMILES string of the molecule is CCCCNC(=O)[C@H](CC)N(Cc1c(Cl)cccc1Cl)C(=O)CN(c1ccc(F)cc1)S(=O)(=O)c1ccc(OC)cc1. The highest BCUT2D eigenvalue weighted by Crippen LogP contribution is 2.29. The fourth-order valence-corrected chi connectivity index (χ4v) is 6.22. The molecule has 226 valence electrons. The summed E-state index contributed by atoms with van der Waals surface area (Å²) < 4.78 is 47.6. The summed E-state index contributed by atoms with van der Waals surface area (Å²) in [5.41, 5.74) is 0.483. The monoisotopic (exact) mass is 637 g/mol. The first-order chi connectivity index (χ1) is 20.0. The van der Waals surface area contributed by atoms with Crippen molar-refractivity contribution in [3.05, 3.63) is 88.2 Å². The van der Waals surface area contributed by atoms with Gasteiger partial charge in [-0.15, -0.1) is 0 Å². The number of methoxy groups -OCH3 is 1. The van der Waals surface area contributed by atoms with Gasteiger partial charge in [-0.25, -0.2) is 12.8 Å². The Labute approximate surface area is 256 Å². The molecule has 3 rings (SSSR count). The van der Waals surface area contributed by atoms with Gasteiger partial charge in [0, 0.05) is 28.7 Å². The molecule has 12 heteroatoms. The number of sulfonamides is 1. The highest BCUT2D eigenvalue weighted by molar-refractivity contribution is 7.92. The summed E-state index contributed by atoms with van der Waals surface area (Å²) in [7, 11) is -2.87. The van der Waals surface area contributed by atoms with E-state index in [1.54, 1.807) is 25.1 Å². The van der Waals surface area contributed by atoms with Gasteiger partial charge in [0.05, 0.1) is 17.7 Å². The van der Waals surface area contributed by atoms with E-state index in [0.717, 1.165) is 29.3 Å². The maximum absolute atomic E-state index is 14.1. The van der Waals surface area contributed by atoms with Crippen molar-refractivity contribution < 1.29 is 27.1 Å². The third-order valence-electron chi connectivity index (χ3n) is 6.65. The van der Waals surface area contributed by atoms with E-state index in [-0.39, 0.29) is 29.5 Å². The van der Waals surface area contributed by atoms with Gasteiger partial charge in [-0.1, -0.05) is 49.5 Å². The molecule has 0 radical (unpaired) electrons. The number of carbonyl (C=O) groups excluding carboxylic acids is 2. The van der Waals surface area contributed by atoms with Crippen molar-refractivity contribution >= 4 is 50.7 Å². The Morgan fingerprint density at radius 3 is 2.14 bits per heavy atom. The minimum absolute atomic E-state index is 0.0664. The van der Waals surface area contributed by atoms with Crippen LogP contribution in [0.1, 0.15) is 38.7 Å². The van der Waals surface area contributed by atoms with Crippen LogP contribution >= 0.6 is 23.2 Å². The molecular weight excluding hydrogens is 604 g/mol. The van der Waals surface area contributed by atoms with Gasteiger partial charge in [-0.05, 0) is 73.5 Å². The maximum atomic E-state index is 14.1. The number of amides is 2. The van der Waals surface area contributed by atoms with Crippen molar-refractivity contribution in [2.75, 3.05) is 24.5 Å². The number of anilines is 1. The van der Waals surface area contributed by atoms with Gasteiger partial charge >= 0.3 is 0 Å². The van der Waals surface area contributed by atoms with Crippen molar-refractivity contribution in [1.29, 1.82) is 0 Å². The second-order valence-electron chi connectivity index (χ2n) is 9.45. The number of hydrogen-bond donors (Lipinski definition) is 1. The maximum Gasteiger partial charge on any atom is 0.264 e. The summed E-state index contributed by atoms with van der Waals surface area (Å²) in [5.74, 6) is -1.18. The van der Waals surface area contributed by atoms with E-state index in [9.17, 15) is 22.4 Å². The van der Waals surface area contributed by atoms with Crippen molar-refractivity contribution in [3.8, 4) is 5.75 Å². The van der Waals surface area contributed by atoms with Gasteiger partial charge in [-0.3, -0.25) is 13.9 Å². The van der Waals surface area contributed by atoms with E-state index in [1.165, 1.54) is 48.4 Å². The molecule has 0 fully saturated rings. The van der Waals surface area contributed by atoms with Crippen LogP contribution in [0, 0.1) is 5.82 Å². The number of halogens is 3. The van der Waals surface area contributed by atoms with Gasteiger partial charge in [-0.2, -0.15) is 0 Å². The zero-order valence-corrected chi connectivity index (χ0v) is 26.0. The lowest BCUT2D eigenvalue weighted by molar-refractivity contribution is -0.140. The average molecular weight is 639 g/mol. The van der Waals surface area contributed by atoms with Gasteiger partial charge < -0.3 is 15.0 Å². The van der Waals surface area contributed by atoms with Gasteiger partial charge in [0.1, 0.15) is 24.2 Å². The highest BCUT2D eigenvalue weighted by Gasteiger charge is 2.34. The van der Waals surface area contributed by atoms with Crippen molar-refractivity contribution in [1.82, 2.24) is 10.2 Å². The largest absolute Gasteiger partial charge is 0.497 e. The number of carbonyl (C=O) groups is 2. The van der Waals surface area contributed by atoms with E-state index in [1.807, 2.05) is 6.92 Å². The number of rotatable bonds is 14. The van der Waals surface area contributed by atoms with E-state index in [4.69, 9.17) is 27.9 Å². The number of benzene rings is 3. The van der Waals surface area contributed by atoms with Crippen LogP contribution in [0.5, 0.6) is 5.75 Å². The molecule has 0 bridgehead atoms. The number of nitrogens with zero attached hydrogens (tertiary/aromatic N) is 2. The molecule has 0 spiro atoms. The van der Waals surface area contributed by atoms with Gasteiger partial charge in [0.15, 0.2) is 0 Å². The molecule has 0 aliphatic rings. The van der Waals surface area contributed by atoms with Crippen LogP contribution in [-0.2, 0) is 26.2 Å². The van der Waals surface area contributed by atoms with Gasteiger partial charge in [0.2, 0.25) is 11.8 Å². The summed E-state index contributed by atoms with van der Waals surface area (Å²) in [6.07, 6.45) is 1.86. The first-order valence-corrected chi connectivity index (χ1v) is 15.7. The molecule has 3 aromatic rings. The summed E-state index contributed by atoms with van der Waals surface area (Å²) in [4.78, 5) is 28.5.